The quantitative estimate of drug-likeness (QED) is 0.429. The molecule has 0 unspecified atom stereocenters. The highest BCUT2D eigenvalue weighted by atomic mass is 35.5. The number of hydrogen-bond acceptors (Lipinski definition) is 5. The van der Waals surface area contributed by atoms with E-state index in [1.807, 2.05) is 37.3 Å². The summed E-state index contributed by atoms with van der Waals surface area (Å²) in [6.45, 7) is 2.75. The molecule has 3 aromatic rings. The molecule has 0 saturated heterocycles. The van der Waals surface area contributed by atoms with Gasteiger partial charge in [-0.2, -0.15) is 0 Å². The van der Waals surface area contributed by atoms with Crippen LogP contribution in [0.4, 0.5) is 4.79 Å². The molecule has 1 heterocycles. The standard InChI is InChI=1S/C21H21ClN4O3S/c1-2-10-26-19(28)16-9-8-15(22)11-17(16)24-21(26)30-13-18(27)25-20(29)23-12-14-6-4-3-5-7-14/h3-9,11H,2,10,12-13H2,1H3,(H2,23,25,27,29). The Morgan fingerprint density at radius 3 is 2.67 bits per heavy atom. The van der Waals surface area contributed by atoms with Crippen molar-refractivity contribution in [2.45, 2.75) is 31.6 Å². The van der Waals surface area contributed by atoms with E-state index in [9.17, 15) is 14.4 Å². The number of halogens is 1. The van der Waals surface area contributed by atoms with Crippen LogP contribution in [-0.2, 0) is 17.9 Å². The number of carbonyl (C=O) groups excluding carboxylic acids is 2. The zero-order chi connectivity index (χ0) is 21.5. The van der Waals surface area contributed by atoms with E-state index in [1.54, 1.807) is 22.8 Å². The van der Waals surface area contributed by atoms with Crippen LogP contribution >= 0.6 is 23.4 Å². The number of fused-ring (bicyclic) bond motifs is 1. The van der Waals surface area contributed by atoms with Crippen molar-refractivity contribution < 1.29 is 9.59 Å². The van der Waals surface area contributed by atoms with Gasteiger partial charge in [-0.05, 0) is 30.2 Å². The predicted molar refractivity (Wildman–Crippen MR) is 119 cm³/mol. The molecule has 0 fully saturated rings. The van der Waals surface area contributed by atoms with Gasteiger partial charge in [-0.15, -0.1) is 0 Å². The topological polar surface area (TPSA) is 93.1 Å². The zero-order valence-electron chi connectivity index (χ0n) is 16.4. The summed E-state index contributed by atoms with van der Waals surface area (Å²) in [4.78, 5) is 41.4. The lowest BCUT2D eigenvalue weighted by molar-refractivity contribution is -0.117. The van der Waals surface area contributed by atoms with Crippen molar-refractivity contribution >= 4 is 46.2 Å². The summed E-state index contributed by atoms with van der Waals surface area (Å²) in [5.74, 6) is -0.532. The Morgan fingerprint density at radius 1 is 1.17 bits per heavy atom. The van der Waals surface area contributed by atoms with Crippen LogP contribution in [0.5, 0.6) is 0 Å². The molecule has 3 amide bonds. The first-order valence-electron chi connectivity index (χ1n) is 9.42. The minimum Gasteiger partial charge on any atom is -0.334 e. The Balaban J connectivity index is 1.65. The summed E-state index contributed by atoms with van der Waals surface area (Å²) in [7, 11) is 0. The Kier molecular flexibility index (Phi) is 7.48. The smallest absolute Gasteiger partial charge is 0.321 e. The third kappa shape index (κ3) is 5.61. The van der Waals surface area contributed by atoms with Crippen LogP contribution < -0.4 is 16.2 Å². The van der Waals surface area contributed by atoms with Gasteiger partial charge in [-0.3, -0.25) is 19.5 Å². The number of nitrogens with zero attached hydrogens (tertiary/aromatic N) is 2. The highest BCUT2D eigenvalue weighted by Crippen LogP contribution is 2.20. The summed E-state index contributed by atoms with van der Waals surface area (Å²) < 4.78 is 1.55. The molecule has 1 aromatic heterocycles. The number of thioether (sulfide) groups is 1. The van der Waals surface area contributed by atoms with Crippen molar-refractivity contribution in [3.05, 3.63) is 69.5 Å². The average molecular weight is 445 g/mol. The molecule has 156 valence electrons. The molecular formula is C21H21ClN4O3S. The fraction of sp³-hybridized carbons (Fsp3) is 0.238. The van der Waals surface area contributed by atoms with E-state index in [-0.39, 0.29) is 11.3 Å². The number of benzene rings is 2. The summed E-state index contributed by atoms with van der Waals surface area (Å²) in [6.07, 6.45) is 0.738. The lowest BCUT2D eigenvalue weighted by Gasteiger charge is -2.12. The summed E-state index contributed by atoms with van der Waals surface area (Å²) in [6, 6.07) is 13.7. The largest absolute Gasteiger partial charge is 0.334 e. The first kappa shape index (κ1) is 21.9. The molecule has 0 saturated carbocycles. The highest BCUT2D eigenvalue weighted by molar-refractivity contribution is 7.99. The van der Waals surface area contributed by atoms with Crippen LogP contribution in [0.15, 0.2) is 58.5 Å². The third-order valence-electron chi connectivity index (χ3n) is 4.21. The minimum atomic E-state index is -0.575. The maximum absolute atomic E-state index is 12.8. The van der Waals surface area contributed by atoms with Gasteiger partial charge >= 0.3 is 6.03 Å². The van der Waals surface area contributed by atoms with Gasteiger partial charge in [0.25, 0.3) is 5.56 Å². The lowest BCUT2D eigenvalue weighted by atomic mass is 10.2. The number of hydrogen-bond donors (Lipinski definition) is 2. The fourth-order valence-electron chi connectivity index (χ4n) is 2.82. The van der Waals surface area contributed by atoms with E-state index in [0.29, 0.717) is 34.2 Å². The molecule has 0 atom stereocenters. The Hall–Kier alpha value is -2.84. The molecule has 0 aliphatic carbocycles. The van der Waals surface area contributed by atoms with Crippen LogP contribution in [-0.4, -0.2) is 27.2 Å². The van der Waals surface area contributed by atoms with Crippen molar-refractivity contribution in [1.29, 1.82) is 0 Å². The normalized spacial score (nSPS) is 10.7. The number of carbonyl (C=O) groups is 2. The van der Waals surface area contributed by atoms with Gasteiger partial charge in [0.1, 0.15) is 0 Å². The second kappa shape index (κ2) is 10.3. The molecule has 2 N–H and O–H groups in total. The third-order valence-corrected chi connectivity index (χ3v) is 5.42. The number of aromatic nitrogens is 2. The van der Waals surface area contributed by atoms with Gasteiger partial charge in [-0.1, -0.05) is 60.6 Å². The van der Waals surface area contributed by atoms with Crippen LogP contribution in [0.1, 0.15) is 18.9 Å². The summed E-state index contributed by atoms with van der Waals surface area (Å²) in [5.41, 5.74) is 1.22. The first-order valence-corrected chi connectivity index (χ1v) is 10.8. The summed E-state index contributed by atoms with van der Waals surface area (Å²) in [5, 5.41) is 6.29. The van der Waals surface area contributed by atoms with Crippen molar-refractivity contribution in [3.8, 4) is 0 Å². The number of amides is 3. The molecule has 2 aromatic carbocycles. The molecule has 0 aliphatic heterocycles. The van der Waals surface area contributed by atoms with Gasteiger partial charge < -0.3 is 5.32 Å². The molecule has 0 aliphatic rings. The highest BCUT2D eigenvalue weighted by Gasteiger charge is 2.14. The van der Waals surface area contributed by atoms with Crippen molar-refractivity contribution in [1.82, 2.24) is 20.2 Å². The minimum absolute atomic E-state index is 0.0546. The van der Waals surface area contributed by atoms with Crippen molar-refractivity contribution in [2.24, 2.45) is 0 Å². The molecule has 7 nitrogen and oxygen atoms in total. The zero-order valence-corrected chi connectivity index (χ0v) is 17.9. The summed E-state index contributed by atoms with van der Waals surface area (Å²) >= 11 is 7.12. The van der Waals surface area contributed by atoms with E-state index < -0.39 is 11.9 Å². The molecule has 0 radical (unpaired) electrons. The number of urea groups is 1. The number of rotatable bonds is 7. The van der Waals surface area contributed by atoms with Crippen molar-refractivity contribution in [3.63, 3.8) is 0 Å². The van der Waals surface area contributed by atoms with Crippen molar-refractivity contribution in [2.75, 3.05) is 5.75 Å². The van der Waals surface area contributed by atoms with E-state index >= 15 is 0 Å². The molecule has 9 heteroatoms. The Morgan fingerprint density at radius 2 is 1.93 bits per heavy atom. The molecule has 0 spiro atoms. The molecule has 3 rings (SSSR count). The van der Waals surface area contributed by atoms with E-state index in [4.69, 9.17) is 11.6 Å². The van der Waals surface area contributed by atoms with Gasteiger partial charge in [-0.25, -0.2) is 9.78 Å². The monoisotopic (exact) mass is 444 g/mol. The van der Waals surface area contributed by atoms with Gasteiger partial charge in [0.2, 0.25) is 5.91 Å². The molecule has 30 heavy (non-hydrogen) atoms. The lowest BCUT2D eigenvalue weighted by Crippen LogP contribution is -2.40. The number of nitrogens with one attached hydrogen (secondary N) is 2. The van der Waals surface area contributed by atoms with Crippen LogP contribution in [0.2, 0.25) is 5.02 Å². The average Bonchev–Trinajstić information content (AvgIpc) is 2.73. The SMILES string of the molecule is CCCn1c(SCC(=O)NC(=O)NCc2ccccc2)nc2cc(Cl)ccc2c1=O. The van der Waals surface area contributed by atoms with E-state index in [2.05, 4.69) is 15.6 Å². The van der Waals surface area contributed by atoms with Crippen LogP contribution in [0.3, 0.4) is 0 Å². The van der Waals surface area contributed by atoms with Crippen LogP contribution in [0, 0.1) is 0 Å². The van der Waals surface area contributed by atoms with Gasteiger partial charge in [0, 0.05) is 18.1 Å². The molecular weight excluding hydrogens is 424 g/mol. The second-order valence-corrected chi connectivity index (χ2v) is 7.90. The fourth-order valence-corrected chi connectivity index (χ4v) is 3.81. The van der Waals surface area contributed by atoms with E-state index in [1.165, 1.54) is 0 Å². The predicted octanol–water partition coefficient (Wildman–Crippen LogP) is 3.58. The maximum atomic E-state index is 12.8. The maximum Gasteiger partial charge on any atom is 0.321 e. The first-order chi connectivity index (χ1) is 14.5. The van der Waals surface area contributed by atoms with Crippen LogP contribution in [0.25, 0.3) is 10.9 Å². The van der Waals surface area contributed by atoms with Gasteiger partial charge in [0.15, 0.2) is 5.16 Å². The Labute approximate surface area is 182 Å². The Bertz CT molecular complexity index is 1120. The van der Waals surface area contributed by atoms with E-state index in [0.717, 1.165) is 23.7 Å². The number of imide groups is 1. The van der Waals surface area contributed by atoms with Gasteiger partial charge in [0.05, 0.1) is 16.7 Å². The second-order valence-electron chi connectivity index (χ2n) is 6.52. The molecule has 0 bridgehead atoms.